The Morgan fingerprint density at radius 3 is 2.27 bits per heavy atom. The van der Waals surface area contributed by atoms with Crippen LogP contribution in [0.2, 0.25) is 5.02 Å². The first-order valence-electron chi connectivity index (χ1n) is 12.5. The van der Waals surface area contributed by atoms with Gasteiger partial charge in [0.15, 0.2) is 6.61 Å². The van der Waals surface area contributed by atoms with E-state index in [1.807, 2.05) is 44.2 Å². The van der Waals surface area contributed by atoms with Gasteiger partial charge in [-0.05, 0) is 66.8 Å². The molecule has 0 saturated carbocycles. The third-order valence-electron chi connectivity index (χ3n) is 6.14. The molecule has 1 N–H and O–H groups in total. The molecular formula is C30H34ClFN2O3. The number of amides is 2. The molecule has 0 aromatic heterocycles. The number of carbonyl (C=O) groups excluding carboxylic acids is 2. The minimum absolute atomic E-state index is 0.139. The van der Waals surface area contributed by atoms with Gasteiger partial charge in [0.2, 0.25) is 5.91 Å². The molecule has 7 heteroatoms. The largest absolute Gasteiger partial charge is 0.484 e. The summed E-state index contributed by atoms with van der Waals surface area (Å²) in [5.74, 6) is -0.412. The molecule has 0 aliphatic rings. The third kappa shape index (κ3) is 8.32. The van der Waals surface area contributed by atoms with Crippen LogP contribution < -0.4 is 10.1 Å². The van der Waals surface area contributed by atoms with Gasteiger partial charge in [0.1, 0.15) is 17.6 Å². The Bertz CT molecular complexity index is 1160. The fourth-order valence-electron chi connectivity index (χ4n) is 4.06. The van der Waals surface area contributed by atoms with Gasteiger partial charge >= 0.3 is 0 Å². The number of halogens is 2. The second-order valence-corrected chi connectivity index (χ2v) is 9.54. The summed E-state index contributed by atoms with van der Waals surface area (Å²) < 4.78 is 19.4. The predicted molar refractivity (Wildman–Crippen MR) is 145 cm³/mol. The molecule has 2 amide bonds. The average Bonchev–Trinajstić information content (AvgIpc) is 2.89. The van der Waals surface area contributed by atoms with E-state index >= 15 is 0 Å². The van der Waals surface area contributed by atoms with Gasteiger partial charge in [-0.25, -0.2) is 4.39 Å². The Hall–Kier alpha value is -3.38. The van der Waals surface area contributed by atoms with E-state index in [1.165, 1.54) is 17.0 Å². The summed E-state index contributed by atoms with van der Waals surface area (Å²) in [6.45, 7) is 6.21. The Morgan fingerprint density at radius 2 is 1.65 bits per heavy atom. The average molecular weight is 525 g/mol. The summed E-state index contributed by atoms with van der Waals surface area (Å²) >= 11 is 6.27. The van der Waals surface area contributed by atoms with Gasteiger partial charge in [-0.1, -0.05) is 67.4 Å². The molecule has 37 heavy (non-hydrogen) atoms. The molecule has 0 spiro atoms. The molecule has 0 fully saturated rings. The Morgan fingerprint density at radius 1 is 1.00 bits per heavy atom. The highest BCUT2D eigenvalue weighted by molar-refractivity contribution is 6.32. The van der Waals surface area contributed by atoms with Crippen molar-refractivity contribution in [1.29, 1.82) is 0 Å². The molecular weight excluding hydrogens is 491 g/mol. The van der Waals surface area contributed by atoms with E-state index in [2.05, 4.69) is 12.2 Å². The minimum atomic E-state index is -0.769. The normalized spacial score (nSPS) is 11.6. The number of hydrogen-bond donors (Lipinski definition) is 1. The van der Waals surface area contributed by atoms with Gasteiger partial charge in [0.05, 0.1) is 0 Å². The number of benzene rings is 3. The number of hydrogen-bond acceptors (Lipinski definition) is 3. The fourth-order valence-corrected chi connectivity index (χ4v) is 4.17. The molecule has 0 heterocycles. The molecule has 3 aromatic rings. The van der Waals surface area contributed by atoms with E-state index in [4.69, 9.17) is 16.3 Å². The number of unbranched alkanes of at least 4 members (excludes halogenated alkanes) is 1. The third-order valence-corrected chi connectivity index (χ3v) is 6.74. The van der Waals surface area contributed by atoms with Crippen molar-refractivity contribution < 1.29 is 18.7 Å². The molecule has 1 unspecified atom stereocenters. The minimum Gasteiger partial charge on any atom is -0.484 e. The van der Waals surface area contributed by atoms with Crippen LogP contribution >= 0.6 is 11.6 Å². The first kappa shape index (κ1) is 28.2. The van der Waals surface area contributed by atoms with Crippen molar-refractivity contribution in [3.05, 3.63) is 99.8 Å². The van der Waals surface area contributed by atoms with Crippen molar-refractivity contribution in [2.75, 3.05) is 13.2 Å². The van der Waals surface area contributed by atoms with Gasteiger partial charge in [0.25, 0.3) is 5.91 Å². The van der Waals surface area contributed by atoms with Crippen LogP contribution in [0, 0.1) is 19.7 Å². The maximum absolute atomic E-state index is 13.6. The first-order valence-corrected chi connectivity index (χ1v) is 12.9. The van der Waals surface area contributed by atoms with Crippen molar-refractivity contribution in [2.24, 2.45) is 0 Å². The van der Waals surface area contributed by atoms with Crippen LogP contribution in [0.1, 0.15) is 42.0 Å². The predicted octanol–water partition coefficient (Wildman–Crippen LogP) is 6.03. The van der Waals surface area contributed by atoms with E-state index in [0.717, 1.165) is 29.5 Å². The van der Waals surface area contributed by atoms with E-state index < -0.39 is 6.04 Å². The molecule has 3 aromatic carbocycles. The lowest BCUT2D eigenvalue weighted by molar-refractivity contribution is -0.142. The lowest BCUT2D eigenvalue weighted by Crippen LogP contribution is -2.51. The van der Waals surface area contributed by atoms with Crippen molar-refractivity contribution in [2.45, 2.75) is 52.6 Å². The zero-order valence-electron chi connectivity index (χ0n) is 21.6. The van der Waals surface area contributed by atoms with Crippen LogP contribution in [0.5, 0.6) is 5.75 Å². The summed E-state index contributed by atoms with van der Waals surface area (Å²) in [6.07, 6.45) is 2.12. The topological polar surface area (TPSA) is 58.6 Å². The molecule has 0 bridgehead atoms. The molecule has 196 valence electrons. The van der Waals surface area contributed by atoms with Gasteiger partial charge in [0, 0.05) is 24.5 Å². The Kier molecular flexibility index (Phi) is 10.5. The number of nitrogens with zero attached hydrogens (tertiary/aromatic N) is 1. The lowest BCUT2D eigenvalue weighted by Gasteiger charge is -2.31. The summed E-state index contributed by atoms with van der Waals surface area (Å²) in [4.78, 5) is 28.5. The van der Waals surface area contributed by atoms with Gasteiger partial charge in [-0.2, -0.15) is 0 Å². The summed E-state index contributed by atoms with van der Waals surface area (Å²) in [5.41, 5.74) is 3.35. The van der Waals surface area contributed by atoms with E-state index in [-0.39, 0.29) is 30.8 Å². The van der Waals surface area contributed by atoms with E-state index in [0.29, 0.717) is 29.3 Å². The van der Waals surface area contributed by atoms with Gasteiger partial charge in [-0.15, -0.1) is 0 Å². The van der Waals surface area contributed by atoms with E-state index in [9.17, 15) is 14.0 Å². The SMILES string of the molecule is CCCCNC(=O)C(Cc1ccccc1)N(Cc1ccc(F)cc1)C(=O)COc1cc(C)c(Cl)c(C)c1. The summed E-state index contributed by atoms with van der Waals surface area (Å²) in [6, 6.07) is 18.3. The van der Waals surface area contributed by atoms with Crippen LogP contribution in [0.3, 0.4) is 0 Å². The molecule has 1 atom stereocenters. The summed E-state index contributed by atoms with van der Waals surface area (Å²) in [5, 5.41) is 3.64. The molecule has 0 saturated heterocycles. The lowest BCUT2D eigenvalue weighted by atomic mass is 10.0. The maximum atomic E-state index is 13.6. The number of aryl methyl sites for hydroxylation is 2. The zero-order chi connectivity index (χ0) is 26.8. The highest BCUT2D eigenvalue weighted by Gasteiger charge is 2.30. The van der Waals surface area contributed by atoms with Crippen LogP contribution in [0.25, 0.3) is 0 Å². The number of nitrogens with one attached hydrogen (secondary N) is 1. The molecule has 0 radical (unpaired) electrons. The van der Waals surface area contributed by atoms with E-state index in [1.54, 1.807) is 24.3 Å². The fraction of sp³-hybridized carbons (Fsp3) is 0.333. The Labute approximate surface area is 223 Å². The molecule has 0 aliphatic carbocycles. The maximum Gasteiger partial charge on any atom is 0.261 e. The Balaban J connectivity index is 1.89. The highest BCUT2D eigenvalue weighted by atomic mass is 35.5. The van der Waals surface area contributed by atoms with Crippen LogP contribution in [-0.2, 0) is 22.6 Å². The zero-order valence-corrected chi connectivity index (χ0v) is 22.4. The van der Waals surface area contributed by atoms with Gasteiger partial charge < -0.3 is 15.0 Å². The molecule has 3 rings (SSSR count). The quantitative estimate of drug-likeness (QED) is 0.294. The van der Waals surface area contributed by atoms with Crippen molar-refractivity contribution in [3.8, 4) is 5.75 Å². The highest BCUT2D eigenvalue weighted by Crippen LogP contribution is 2.26. The standard InChI is InChI=1S/C30H34ClFN2O3/c1-4-5-15-33-30(36)27(18-23-9-7-6-8-10-23)34(19-24-11-13-25(32)14-12-24)28(35)20-37-26-16-21(2)29(31)22(3)17-26/h6-14,16-17,27H,4-5,15,18-20H2,1-3H3,(H,33,36). The van der Waals surface area contributed by atoms with Crippen molar-refractivity contribution in [1.82, 2.24) is 10.2 Å². The second-order valence-electron chi connectivity index (χ2n) is 9.16. The molecule has 0 aliphatic heterocycles. The second kappa shape index (κ2) is 13.8. The number of rotatable bonds is 12. The van der Waals surface area contributed by atoms with Crippen molar-refractivity contribution in [3.63, 3.8) is 0 Å². The van der Waals surface area contributed by atoms with Crippen LogP contribution in [0.15, 0.2) is 66.7 Å². The number of carbonyl (C=O) groups is 2. The van der Waals surface area contributed by atoms with Gasteiger partial charge in [-0.3, -0.25) is 9.59 Å². The summed E-state index contributed by atoms with van der Waals surface area (Å²) in [7, 11) is 0. The monoisotopic (exact) mass is 524 g/mol. The van der Waals surface area contributed by atoms with Crippen LogP contribution in [-0.4, -0.2) is 35.9 Å². The molecule has 5 nitrogen and oxygen atoms in total. The first-order chi connectivity index (χ1) is 17.8. The number of ether oxygens (including phenoxy) is 1. The smallest absolute Gasteiger partial charge is 0.261 e. The van der Waals surface area contributed by atoms with Crippen LogP contribution in [0.4, 0.5) is 4.39 Å². The van der Waals surface area contributed by atoms with Crippen molar-refractivity contribution >= 4 is 23.4 Å².